The average Bonchev–Trinajstić information content (AvgIpc) is 3.09. The van der Waals surface area contributed by atoms with E-state index < -0.39 is 4.92 Å². The van der Waals surface area contributed by atoms with E-state index in [0.29, 0.717) is 23.6 Å². The van der Waals surface area contributed by atoms with Gasteiger partial charge in [-0.2, -0.15) is 0 Å². The lowest BCUT2D eigenvalue weighted by Gasteiger charge is -2.08. The van der Waals surface area contributed by atoms with Crippen molar-refractivity contribution in [1.29, 1.82) is 0 Å². The quantitative estimate of drug-likeness (QED) is 0.481. The van der Waals surface area contributed by atoms with Gasteiger partial charge in [0.15, 0.2) is 0 Å². The summed E-state index contributed by atoms with van der Waals surface area (Å²) < 4.78 is 0. The smallest absolute Gasteiger partial charge is 0.292 e. The molecule has 1 saturated carbocycles. The third kappa shape index (κ3) is 2.58. The van der Waals surface area contributed by atoms with Crippen molar-refractivity contribution in [2.45, 2.75) is 19.8 Å². The van der Waals surface area contributed by atoms with Crippen molar-refractivity contribution in [3.63, 3.8) is 0 Å². The van der Waals surface area contributed by atoms with Gasteiger partial charge in [-0.05, 0) is 37.3 Å². The van der Waals surface area contributed by atoms with Crippen LogP contribution in [-0.2, 0) is 0 Å². The lowest BCUT2D eigenvalue weighted by molar-refractivity contribution is -0.383. The molecule has 6 nitrogen and oxygen atoms in total. The predicted molar refractivity (Wildman–Crippen MR) is 67.3 cm³/mol. The van der Waals surface area contributed by atoms with Crippen molar-refractivity contribution < 1.29 is 9.72 Å². The van der Waals surface area contributed by atoms with Crippen LogP contribution in [-0.4, -0.2) is 17.4 Å². The number of benzene rings is 1. The maximum atomic E-state index is 11.9. The van der Waals surface area contributed by atoms with E-state index in [9.17, 15) is 14.9 Å². The van der Waals surface area contributed by atoms with Crippen molar-refractivity contribution in [3.05, 3.63) is 33.4 Å². The molecule has 1 amide bonds. The maximum Gasteiger partial charge on any atom is 0.292 e. The van der Waals surface area contributed by atoms with Gasteiger partial charge >= 0.3 is 0 Å². The first-order valence-corrected chi connectivity index (χ1v) is 5.81. The number of nitro benzene ring substituents is 1. The highest BCUT2D eigenvalue weighted by Gasteiger charge is 2.23. The highest BCUT2D eigenvalue weighted by Crippen LogP contribution is 2.28. The Morgan fingerprint density at radius 3 is 2.78 bits per heavy atom. The molecule has 1 aliphatic rings. The van der Waals surface area contributed by atoms with Crippen LogP contribution in [0.1, 0.15) is 28.8 Å². The van der Waals surface area contributed by atoms with Gasteiger partial charge in [0.2, 0.25) is 0 Å². The predicted octanol–water partition coefficient (Wildman–Crippen LogP) is 1.63. The molecule has 18 heavy (non-hydrogen) atoms. The number of nitrogens with one attached hydrogen (secondary N) is 1. The number of carbonyl (C=O) groups is 1. The number of nitrogen functional groups attached to an aromatic ring is 1. The first-order valence-electron chi connectivity index (χ1n) is 5.81. The molecule has 6 heteroatoms. The molecule has 0 radical (unpaired) electrons. The Morgan fingerprint density at radius 1 is 1.56 bits per heavy atom. The number of nitrogens with zero attached hydrogens (tertiary/aromatic N) is 1. The van der Waals surface area contributed by atoms with E-state index in [-0.39, 0.29) is 17.3 Å². The fourth-order valence-electron chi connectivity index (χ4n) is 1.78. The normalized spacial score (nSPS) is 14.3. The minimum atomic E-state index is -0.577. The van der Waals surface area contributed by atoms with Gasteiger partial charge < -0.3 is 11.1 Å². The van der Waals surface area contributed by atoms with Crippen molar-refractivity contribution in [3.8, 4) is 0 Å². The second-order valence-corrected chi connectivity index (χ2v) is 4.64. The molecule has 1 aromatic rings. The lowest BCUT2D eigenvalue weighted by Crippen LogP contribution is -2.26. The molecule has 1 fully saturated rings. The largest absolute Gasteiger partial charge is 0.393 e. The number of amides is 1. The molecule has 0 heterocycles. The van der Waals surface area contributed by atoms with Gasteiger partial charge in [0.1, 0.15) is 5.69 Å². The molecule has 3 N–H and O–H groups in total. The van der Waals surface area contributed by atoms with E-state index in [2.05, 4.69) is 5.32 Å². The first-order chi connectivity index (χ1) is 8.49. The number of carbonyl (C=O) groups excluding carboxylic acids is 1. The summed E-state index contributed by atoms with van der Waals surface area (Å²) in [6, 6.07) is 2.71. The summed E-state index contributed by atoms with van der Waals surface area (Å²) in [5.74, 6) is 0.292. The molecule has 0 atom stereocenters. The number of hydrogen-bond donors (Lipinski definition) is 2. The molecule has 0 unspecified atom stereocenters. The molecule has 1 aromatic carbocycles. The fourth-order valence-corrected chi connectivity index (χ4v) is 1.78. The Bertz CT molecular complexity index is 510. The number of aryl methyl sites for hydroxylation is 1. The number of rotatable bonds is 4. The lowest BCUT2D eigenvalue weighted by atomic mass is 10.1. The van der Waals surface area contributed by atoms with Gasteiger partial charge in [-0.1, -0.05) is 0 Å². The van der Waals surface area contributed by atoms with Crippen molar-refractivity contribution in [2.24, 2.45) is 5.92 Å². The highest BCUT2D eigenvalue weighted by atomic mass is 16.6. The van der Waals surface area contributed by atoms with Crippen molar-refractivity contribution in [2.75, 3.05) is 12.3 Å². The Labute approximate surface area is 104 Å². The summed E-state index contributed by atoms with van der Waals surface area (Å²) in [7, 11) is 0. The van der Waals surface area contributed by atoms with Crippen LogP contribution < -0.4 is 11.1 Å². The summed E-state index contributed by atoms with van der Waals surface area (Å²) >= 11 is 0. The van der Waals surface area contributed by atoms with E-state index >= 15 is 0 Å². The standard InChI is InChI=1S/C12H15N3O3/c1-7-4-10(13)11(15(17)18)5-9(7)12(16)14-6-8-2-3-8/h4-5,8H,2-3,6,13H2,1H3,(H,14,16). The number of hydrogen-bond acceptors (Lipinski definition) is 4. The molecular formula is C12H15N3O3. The Balaban J connectivity index is 2.22. The molecule has 0 saturated heterocycles. The zero-order valence-electron chi connectivity index (χ0n) is 10.1. The van der Waals surface area contributed by atoms with Crippen LogP contribution in [0, 0.1) is 23.0 Å². The van der Waals surface area contributed by atoms with Crippen LogP contribution in [0.2, 0.25) is 0 Å². The summed E-state index contributed by atoms with van der Waals surface area (Å²) in [6.45, 7) is 2.35. The third-order valence-electron chi connectivity index (χ3n) is 3.06. The highest BCUT2D eigenvalue weighted by molar-refractivity contribution is 5.97. The van der Waals surface area contributed by atoms with Crippen molar-refractivity contribution in [1.82, 2.24) is 5.32 Å². The van der Waals surface area contributed by atoms with Crippen LogP contribution in [0.15, 0.2) is 12.1 Å². The summed E-state index contributed by atoms with van der Waals surface area (Å²) in [5, 5.41) is 13.6. The minimum Gasteiger partial charge on any atom is -0.393 e. The topological polar surface area (TPSA) is 98.3 Å². The molecule has 0 aromatic heterocycles. The molecule has 1 aliphatic carbocycles. The van der Waals surface area contributed by atoms with E-state index in [0.717, 1.165) is 12.8 Å². The summed E-state index contributed by atoms with van der Waals surface area (Å²) in [6.07, 6.45) is 2.28. The third-order valence-corrected chi connectivity index (χ3v) is 3.06. The van der Waals surface area contributed by atoms with Gasteiger partial charge in [0, 0.05) is 18.2 Å². The Hall–Kier alpha value is -2.11. The SMILES string of the molecule is Cc1cc(N)c([N+](=O)[O-])cc1C(=O)NCC1CC1. The van der Waals surface area contributed by atoms with Crippen LogP contribution in [0.4, 0.5) is 11.4 Å². The second kappa shape index (κ2) is 4.64. The minimum absolute atomic E-state index is 0.0799. The van der Waals surface area contributed by atoms with Gasteiger partial charge in [-0.25, -0.2) is 0 Å². The van der Waals surface area contributed by atoms with E-state index in [1.807, 2.05) is 0 Å². The van der Waals surface area contributed by atoms with Crippen LogP contribution >= 0.6 is 0 Å². The van der Waals surface area contributed by atoms with Gasteiger partial charge in [-0.3, -0.25) is 14.9 Å². The maximum absolute atomic E-state index is 11.9. The van der Waals surface area contributed by atoms with Crippen LogP contribution in [0.3, 0.4) is 0 Å². The zero-order valence-corrected chi connectivity index (χ0v) is 10.1. The molecule has 0 spiro atoms. The summed E-state index contributed by atoms with van der Waals surface area (Å²) in [4.78, 5) is 22.1. The van der Waals surface area contributed by atoms with Gasteiger partial charge in [-0.15, -0.1) is 0 Å². The van der Waals surface area contributed by atoms with E-state index in [4.69, 9.17) is 5.73 Å². The van der Waals surface area contributed by atoms with Gasteiger partial charge in [0.05, 0.1) is 4.92 Å². The van der Waals surface area contributed by atoms with Crippen LogP contribution in [0.25, 0.3) is 0 Å². The fraction of sp³-hybridized carbons (Fsp3) is 0.417. The number of nitro groups is 1. The van der Waals surface area contributed by atoms with E-state index in [1.165, 1.54) is 12.1 Å². The monoisotopic (exact) mass is 249 g/mol. The zero-order chi connectivity index (χ0) is 13.3. The van der Waals surface area contributed by atoms with Gasteiger partial charge in [0.25, 0.3) is 11.6 Å². The molecule has 2 rings (SSSR count). The molecular weight excluding hydrogens is 234 g/mol. The second-order valence-electron chi connectivity index (χ2n) is 4.64. The van der Waals surface area contributed by atoms with E-state index in [1.54, 1.807) is 6.92 Å². The number of nitrogens with two attached hydrogens (primary N) is 1. The summed E-state index contributed by atoms with van der Waals surface area (Å²) in [5.41, 5.74) is 6.37. The molecule has 0 aliphatic heterocycles. The number of anilines is 1. The molecule has 96 valence electrons. The average molecular weight is 249 g/mol. The Kier molecular flexibility index (Phi) is 3.18. The van der Waals surface area contributed by atoms with Crippen molar-refractivity contribution >= 4 is 17.3 Å². The molecule has 0 bridgehead atoms. The van der Waals surface area contributed by atoms with Crippen LogP contribution in [0.5, 0.6) is 0 Å². The first kappa shape index (κ1) is 12.3. The Morgan fingerprint density at radius 2 is 2.22 bits per heavy atom.